The Bertz CT molecular complexity index is 1100. The van der Waals surface area contributed by atoms with E-state index in [1.54, 1.807) is 0 Å². The molecule has 1 aliphatic rings. The molecule has 1 aliphatic heterocycles. The largest absolute Gasteiger partial charge is 0.385 e. The van der Waals surface area contributed by atoms with Gasteiger partial charge in [-0.2, -0.15) is 5.10 Å². The molecule has 1 aromatic heterocycles. The van der Waals surface area contributed by atoms with Gasteiger partial charge in [0.1, 0.15) is 0 Å². The number of aryl methyl sites for hydroxylation is 3. The second kappa shape index (κ2) is 11.7. The molecule has 0 bridgehead atoms. The van der Waals surface area contributed by atoms with E-state index in [0.29, 0.717) is 25.9 Å². The molecule has 4 rings (SSSR count). The second-order valence-electron chi connectivity index (χ2n) is 9.07. The number of hydrogen-bond acceptors (Lipinski definition) is 4. The van der Waals surface area contributed by atoms with Crippen LogP contribution in [0.5, 0.6) is 0 Å². The lowest BCUT2D eigenvalue weighted by Gasteiger charge is -2.28. The lowest BCUT2D eigenvalue weighted by molar-refractivity contribution is -0.132. The van der Waals surface area contributed by atoms with Crippen LogP contribution in [-0.2, 0) is 31.4 Å². The Labute approximate surface area is 211 Å². The highest BCUT2D eigenvalue weighted by molar-refractivity contribution is 9.10. The van der Waals surface area contributed by atoms with E-state index in [-0.39, 0.29) is 5.91 Å². The van der Waals surface area contributed by atoms with Gasteiger partial charge in [-0.05, 0) is 54.7 Å². The SMILES string of the molecule is Cc1nn(C)cc1CCC(=O)N1CCN(Cc2ccccc2)CCCNc2ccc(Br)cc2C1. The summed E-state index contributed by atoms with van der Waals surface area (Å²) in [6, 6.07) is 16.9. The molecule has 0 aliphatic carbocycles. The molecule has 2 aromatic carbocycles. The predicted molar refractivity (Wildman–Crippen MR) is 141 cm³/mol. The van der Waals surface area contributed by atoms with Gasteiger partial charge in [0, 0.05) is 69.1 Å². The summed E-state index contributed by atoms with van der Waals surface area (Å²) in [6.07, 6.45) is 4.28. The van der Waals surface area contributed by atoms with Gasteiger partial charge in [-0.15, -0.1) is 0 Å². The smallest absolute Gasteiger partial charge is 0.223 e. The number of carbonyl (C=O) groups is 1. The zero-order chi connectivity index (χ0) is 23.9. The molecule has 0 fully saturated rings. The van der Waals surface area contributed by atoms with E-state index >= 15 is 0 Å². The minimum absolute atomic E-state index is 0.188. The maximum Gasteiger partial charge on any atom is 0.223 e. The summed E-state index contributed by atoms with van der Waals surface area (Å²) in [4.78, 5) is 17.9. The molecule has 0 saturated carbocycles. The number of hydrogen-bond donors (Lipinski definition) is 1. The van der Waals surface area contributed by atoms with Gasteiger partial charge in [-0.25, -0.2) is 0 Å². The number of aromatic nitrogens is 2. The van der Waals surface area contributed by atoms with Gasteiger partial charge in [-0.3, -0.25) is 14.4 Å². The highest BCUT2D eigenvalue weighted by Gasteiger charge is 2.19. The second-order valence-corrected chi connectivity index (χ2v) is 9.99. The first kappa shape index (κ1) is 24.5. The minimum atomic E-state index is 0.188. The molecule has 2 heterocycles. The van der Waals surface area contributed by atoms with Crippen LogP contribution < -0.4 is 5.32 Å². The van der Waals surface area contributed by atoms with E-state index in [0.717, 1.165) is 59.6 Å². The Morgan fingerprint density at radius 2 is 1.94 bits per heavy atom. The third kappa shape index (κ3) is 6.70. The number of amides is 1. The maximum absolute atomic E-state index is 13.4. The van der Waals surface area contributed by atoms with Crippen LogP contribution in [0.25, 0.3) is 0 Å². The number of fused-ring (bicyclic) bond motifs is 1. The fourth-order valence-corrected chi connectivity index (χ4v) is 4.96. The Morgan fingerprint density at radius 3 is 2.71 bits per heavy atom. The van der Waals surface area contributed by atoms with Gasteiger partial charge in [0.15, 0.2) is 0 Å². The Hall–Kier alpha value is -2.64. The average Bonchev–Trinajstić information content (AvgIpc) is 3.13. The number of rotatable bonds is 5. The molecule has 0 radical (unpaired) electrons. The number of benzene rings is 2. The topological polar surface area (TPSA) is 53.4 Å². The number of halogens is 1. The van der Waals surface area contributed by atoms with Crippen LogP contribution in [0, 0.1) is 6.92 Å². The molecule has 1 N–H and O–H groups in total. The molecule has 0 spiro atoms. The lowest BCUT2D eigenvalue weighted by atomic mass is 10.1. The molecule has 180 valence electrons. The molecule has 0 unspecified atom stereocenters. The standard InChI is InChI=1S/C27H34BrN5O/c1-21-23(19-31(2)30-21)9-12-27(34)33-16-15-32(18-22-7-4-3-5-8-22)14-6-13-29-26-11-10-25(28)17-24(26)20-33/h3-5,7-8,10-11,17,19,29H,6,9,12-16,18,20H2,1-2H3. The summed E-state index contributed by atoms with van der Waals surface area (Å²) in [6.45, 7) is 6.98. The summed E-state index contributed by atoms with van der Waals surface area (Å²) >= 11 is 3.61. The maximum atomic E-state index is 13.4. The summed E-state index contributed by atoms with van der Waals surface area (Å²) in [7, 11) is 1.93. The van der Waals surface area contributed by atoms with Crippen LogP contribution in [-0.4, -0.2) is 51.7 Å². The van der Waals surface area contributed by atoms with Gasteiger partial charge < -0.3 is 10.2 Å². The van der Waals surface area contributed by atoms with E-state index in [1.165, 1.54) is 5.56 Å². The van der Waals surface area contributed by atoms with Crippen molar-refractivity contribution in [3.63, 3.8) is 0 Å². The molecule has 3 aromatic rings. The minimum Gasteiger partial charge on any atom is -0.385 e. The zero-order valence-electron chi connectivity index (χ0n) is 20.1. The van der Waals surface area contributed by atoms with E-state index in [2.05, 4.69) is 79.8 Å². The molecule has 0 saturated heterocycles. The van der Waals surface area contributed by atoms with Crippen molar-refractivity contribution in [2.24, 2.45) is 7.05 Å². The van der Waals surface area contributed by atoms with Gasteiger partial charge in [-0.1, -0.05) is 46.3 Å². The molecular formula is C27H34BrN5O. The first-order valence-electron chi connectivity index (χ1n) is 12.0. The summed E-state index contributed by atoms with van der Waals surface area (Å²) < 4.78 is 2.86. The molecule has 6 nitrogen and oxygen atoms in total. The van der Waals surface area contributed by atoms with Gasteiger partial charge in [0.25, 0.3) is 0 Å². The van der Waals surface area contributed by atoms with E-state index in [4.69, 9.17) is 0 Å². The summed E-state index contributed by atoms with van der Waals surface area (Å²) in [5, 5.41) is 8.03. The normalized spacial score (nSPS) is 15.3. The Kier molecular flexibility index (Phi) is 8.40. The third-order valence-corrected chi connectivity index (χ3v) is 6.90. The number of anilines is 1. The number of nitrogens with one attached hydrogen (secondary N) is 1. The van der Waals surface area contributed by atoms with Crippen LogP contribution in [0.4, 0.5) is 5.69 Å². The van der Waals surface area contributed by atoms with Crippen molar-refractivity contribution in [1.82, 2.24) is 19.6 Å². The van der Waals surface area contributed by atoms with Crippen LogP contribution in [0.1, 0.15) is 35.2 Å². The highest BCUT2D eigenvalue weighted by Crippen LogP contribution is 2.24. The number of carbonyl (C=O) groups excluding carboxylic acids is 1. The average molecular weight is 525 g/mol. The van der Waals surface area contributed by atoms with Crippen molar-refractivity contribution in [2.45, 2.75) is 39.3 Å². The molecule has 34 heavy (non-hydrogen) atoms. The van der Waals surface area contributed by atoms with Crippen LogP contribution in [0.15, 0.2) is 59.2 Å². The first-order valence-corrected chi connectivity index (χ1v) is 12.8. The lowest BCUT2D eigenvalue weighted by Crippen LogP contribution is -2.38. The van der Waals surface area contributed by atoms with Crippen molar-refractivity contribution < 1.29 is 4.79 Å². The molecule has 0 atom stereocenters. The predicted octanol–water partition coefficient (Wildman–Crippen LogP) is 4.77. The van der Waals surface area contributed by atoms with E-state index < -0.39 is 0 Å². The van der Waals surface area contributed by atoms with Crippen molar-refractivity contribution in [3.05, 3.63) is 81.6 Å². The van der Waals surface area contributed by atoms with Gasteiger partial charge >= 0.3 is 0 Å². The van der Waals surface area contributed by atoms with Crippen molar-refractivity contribution >= 4 is 27.5 Å². The van der Waals surface area contributed by atoms with Crippen molar-refractivity contribution in [1.29, 1.82) is 0 Å². The third-order valence-electron chi connectivity index (χ3n) is 6.41. The van der Waals surface area contributed by atoms with E-state index in [9.17, 15) is 4.79 Å². The summed E-state index contributed by atoms with van der Waals surface area (Å²) in [5.74, 6) is 0.188. The van der Waals surface area contributed by atoms with Crippen LogP contribution in [0.3, 0.4) is 0 Å². The van der Waals surface area contributed by atoms with Crippen molar-refractivity contribution in [3.8, 4) is 0 Å². The highest BCUT2D eigenvalue weighted by atomic mass is 79.9. The first-order chi connectivity index (χ1) is 16.5. The quantitative estimate of drug-likeness (QED) is 0.523. The van der Waals surface area contributed by atoms with Gasteiger partial charge in [0.2, 0.25) is 5.91 Å². The Balaban J connectivity index is 1.51. The fourth-order valence-electron chi connectivity index (χ4n) is 4.56. The number of nitrogens with zero attached hydrogens (tertiary/aromatic N) is 4. The molecular weight excluding hydrogens is 490 g/mol. The summed E-state index contributed by atoms with van der Waals surface area (Å²) in [5.41, 5.74) is 5.71. The Morgan fingerprint density at radius 1 is 1.12 bits per heavy atom. The monoisotopic (exact) mass is 523 g/mol. The van der Waals surface area contributed by atoms with Crippen LogP contribution >= 0.6 is 15.9 Å². The molecule has 7 heteroatoms. The van der Waals surface area contributed by atoms with Crippen molar-refractivity contribution in [2.75, 3.05) is 31.5 Å². The van der Waals surface area contributed by atoms with Crippen LogP contribution in [0.2, 0.25) is 0 Å². The zero-order valence-corrected chi connectivity index (χ0v) is 21.7. The fraction of sp³-hybridized carbons (Fsp3) is 0.407. The van der Waals surface area contributed by atoms with E-state index in [1.807, 2.05) is 29.7 Å². The van der Waals surface area contributed by atoms with Gasteiger partial charge in [0.05, 0.1) is 5.69 Å². The molecule has 1 amide bonds.